The fourth-order valence-corrected chi connectivity index (χ4v) is 14.9. The molecule has 0 N–H and O–H groups in total. The molecule has 5 aromatic carbocycles. The molecule has 0 radical (unpaired) electrons. The molecule has 5 aromatic rings. The van der Waals surface area contributed by atoms with E-state index in [2.05, 4.69) is 36.4 Å². The van der Waals surface area contributed by atoms with Crippen molar-refractivity contribution >= 4 is 51.4 Å². The molecule has 0 amide bonds. The first-order valence-electron chi connectivity index (χ1n) is 12.3. The van der Waals surface area contributed by atoms with E-state index >= 15 is 4.57 Å². The fourth-order valence-electron chi connectivity index (χ4n) is 5.11. The van der Waals surface area contributed by atoms with E-state index in [1.54, 1.807) is 6.92 Å². The highest BCUT2D eigenvalue weighted by atomic mass is 31.2. The number of carbonyl (C=O) groups excluding carboxylic acids is 1. The van der Waals surface area contributed by atoms with Crippen LogP contribution in [-0.2, 0) is 9.36 Å². The van der Waals surface area contributed by atoms with Gasteiger partial charge in [0.25, 0.3) is 0 Å². The third kappa shape index (κ3) is 4.38. The molecule has 4 heteroatoms. The van der Waals surface area contributed by atoms with Crippen molar-refractivity contribution in [1.82, 2.24) is 0 Å². The summed E-state index contributed by atoms with van der Waals surface area (Å²) in [5, 5.41) is 4.83. The Morgan fingerprint density at radius 1 is 0.432 bits per heavy atom. The van der Waals surface area contributed by atoms with Crippen LogP contribution in [0.4, 0.5) is 0 Å². The minimum Gasteiger partial charge on any atom is -0.308 e. The number of hydrogen-bond acceptors (Lipinski definition) is 2. The van der Waals surface area contributed by atoms with Crippen LogP contribution < -0.4 is 26.5 Å². The van der Waals surface area contributed by atoms with Gasteiger partial charge in [-0.05, 0) is 29.7 Å². The van der Waals surface area contributed by atoms with Gasteiger partial charge in [-0.2, -0.15) is 0 Å². The highest BCUT2D eigenvalue weighted by Gasteiger charge is 2.43. The molecule has 0 unspecified atom stereocenters. The average Bonchev–Trinajstić information content (AvgIpc) is 2.97. The van der Waals surface area contributed by atoms with Gasteiger partial charge in [0.2, 0.25) is 0 Å². The van der Waals surface area contributed by atoms with Crippen LogP contribution in [0, 0.1) is 0 Å². The molecule has 182 valence electrons. The Morgan fingerprint density at radius 2 is 0.676 bits per heavy atom. The number of ketones is 1. The molecule has 0 bridgehead atoms. The third-order valence-corrected chi connectivity index (χ3v) is 15.5. The van der Waals surface area contributed by atoms with Crippen molar-refractivity contribution in [2.75, 3.05) is 0 Å². The van der Waals surface area contributed by atoms with E-state index in [-0.39, 0.29) is 5.78 Å². The Labute approximate surface area is 219 Å². The molecule has 2 nitrogen and oxygen atoms in total. The SMILES string of the molecule is CC(=O)C(P(=O)(c1ccccc1)c1ccccc1)=P(c1ccccc1)(c1ccccc1)c1ccccc1. The lowest BCUT2D eigenvalue weighted by Crippen LogP contribution is -2.36. The van der Waals surface area contributed by atoms with E-state index in [4.69, 9.17) is 0 Å². The van der Waals surface area contributed by atoms with Gasteiger partial charge in [-0.25, -0.2) is 0 Å². The fraction of sp³-hybridized carbons (Fsp3) is 0.0303. The highest BCUT2D eigenvalue weighted by molar-refractivity contribution is 8.14. The second kappa shape index (κ2) is 10.7. The van der Waals surface area contributed by atoms with Crippen molar-refractivity contribution in [3.8, 4) is 0 Å². The predicted octanol–water partition coefficient (Wildman–Crippen LogP) is 5.71. The normalized spacial score (nSPS) is 11.6. The van der Waals surface area contributed by atoms with Crippen molar-refractivity contribution in [3.63, 3.8) is 0 Å². The van der Waals surface area contributed by atoms with Gasteiger partial charge in [-0.15, -0.1) is 0 Å². The molecule has 0 saturated carbocycles. The van der Waals surface area contributed by atoms with E-state index in [0.717, 1.165) is 15.9 Å². The van der Waals surface area contributed by atoms with Crippen LogP contribution in [0.2, 0.25) is 0 Å². The van der Waals surface area contributed by atoms with Crippen LogP contribution in [0.25, 0.3) is 0 Å². The van der Waals surface area contributed by atoms with Gasteiger partial charge in [0.15, 0.2) is 12.9 Å². The monoisotopic (exact) mass is 518 g/mol. The van der Waals surface area contributed by atoms with Gasteiger partial charge < -0.3 is 4.57 Å². The second-order valence-corrected chi connectivity index (χ2v) is 15.2. The van der Waals surface area contributed by atoms with E-state index in [1.807, 2.05) is 115 Å². The van der Waals surface area contributed by atoms with Crippen LogP contribution in [-0.4, -0.2) is 10.8 Å². The Hall–Kier alpha value is -3.70. The molecular formula is C33H28O2P2. The van der Waals surface area contributed by atoms with E-state index in [0.29, 0.717) is 15.6 Å². The van der Waals surface area contributed by atoms with Crippen LogP contribution in [0.5, 0.6) is 0 Å². The summed E-state index contributed by atoms with van der Waals surface area (Å²) in [5.41, 5.74) is 0. The maximum absolute atomic E-state index is 15.9. The Bertz CT molecular complexity index is 1450. The van der Waals surface area contributed by atoms with Gasteiger partial charge >= 0.3 is 0 Å². The minimum absolute atomic E-state index is 0.152. The molecule has 0 aliphatic heterocycles. The zero-order valence-corrected chi connectivity index (χ0v) is 22.4. The molecule has 0 spiro atoms. The van der Waals surface area contributed by atoms with Crippen LogP contribution in [0.1, 0.15) is 6.92 Å². The standard InChI is InChI=1S/C33H28O2P2/c1-27(34)33(37(35,31-23-13-5-14-24-31)32-25-15-6-16-26-32)36(28-17-7-2-8-18-28,29-19-9-3-10-20-29)30-21-11-4-12-22-30/h2-26H,1H3. The summed E-state index contributed by atoms with van der Waals surface area (Å²) >= 11 is 0. The lowest BCUT2D eigenvalue weighted by atomic mass is 10.4. The first kappa shape index (κ1) is 25.0. The van der Waals surface area contributed by atoms with Crippen molar-refractivity contribution in [1.29, 1.82) is 0 Å². The van der Waals surface area contributed by atoms with Gasteiger partial charge in [-0.1, -0.05) is 152 Å². The summed E-state index contributed by atoms with van der Waals surface area (Å²) in [6.07, 6.45) is 0. The first-order chi connectivity index (χ1) is 18.1. The molecule has 0 aliphatic carbocycles. The Balaban J connectivity index is 2.13. The number of carbonyl (C=O) groups is 1. The van der Waals surface area contributed by atoms with E-state index in [9.17, 15) is 4.79 Å². The summed E-state index contributed by atoms with van der Waals surface area (Å²) in [4.78, 5) is 14.1. The quantitative estimate of drug-likeness (QED) is 0.259. The molecule has 0 heterocycles. The van der Waals surface area contributed by atoms with E-state index in [1.165, 1.54) is 0 Å². The maximum atomic E-state index is 15.9. The molecule has 0 atom stereocenters. The Kier molecular flexibility index (Phi) is 7.24. The van der Waals surface area contributed by atoms with E-state index < -0.39 is 14.0 Å². The van der Waals surface area contributed by atoms with Gasteiger partial charge in [0, 0.05) is 10.6 Å². The van der Waals surface area contributed by atoms with Gasteiger partial charge in [0.1, 0.15) is 0 Å². The maximum Gasteiger partial charge on any atom is 0.175 e. The van der Waals surface area contributed by atoms with Crippen molar-refractivity contribution in [2.24, 2.45) is 0 Å². The highest BCUT2D eigenvalue weighted by Crippen LogP contribution is 2.59. The molecular weight excluding hydrogens is 490 g/mol. The second-order valence-electron chi connectivity index (χ2n) is 8.84. The minimum atomic E-state index is -3.59. The molecule has 0 saturated heterocycles. The predicted molar refractivity (Wildman–Crippen MR) is 161 cm³/mol. The molecule has 5 rings (SSSR count). The number of rotatable bonds is 7. The lowest BCUT2D eigenvalue weighted by Gasteiger charge is -2.35. The number of benzene rings is 5. The lowest BCUT2D eigenvalue weighted by molar-refractivity contribution is -0.110. The third-order valence-electron chi connectivity index (χ3n) is 6.60. The molecule has 37 heavy (non-hydrogen) atoms. The van der Waals surface area contributed by atoms with Crippen LogP contribution in [0.15, 0.2) is 152 Å². The first-order valence-corrected chi connectivity index (χ1v) is 15.8. The molecule has 0 aromatic heterocycles. The van der Waals surface area contributed by atoms with Crippen molar-refractivity contribution in [3.05, 3.63) is 152 Å². The van der Waals surface area contributed by atoms with Crippen LogP contribution in [0.3, 0.4) is 0 Å². The smallest absolute Gasteiger partial charge is 0.175 e. The summed E-state index contributed by atoms with van der Waals surface area (Å²) < 4.78 is 15.9. The average molecular weight is 519 g/mol. The zero-order chi connectivity index (χ0) is 25.7. The zero-order valence-electron chi connectivity index (χ0n) is 20.6. The van der Waals surface area contributed by atoms with Crippen molar-refractivity contribution < 1.29 is 9.36 Å². The summed E-state index contributed by atoms with van der Waals surface area (Å²) in [7, 11) is -3.59. The van der Waals surface area contributed by atoms with Crippen molar-refractivity contribution in [2.45, 2.75) is 6.92 Å². The van der Waals surface area contributed by atoms with Gasteiger partial charge in [-0.3, -0.25) is 4.79 Å². The summed E-state index contributed by atoms with van der Waals surface area (Å²) in [5.74, 6) is -0.152. The number of Topliss-reactive ketones (excluding diaryl/α,β-unsaturated/α-hetero) is 1. The molecule has 0 fully saturated rings. The largest absolute Gasteiger partial charge is 0.308 e. The molecule has 0 aliphatic rings. The summed E-state index contributed by atoms with van der Waals surface area (Å²) in [6.45, 7) is -1.29. The Morgan fingerprint density at radius 3 is 0.919 bits per heavy atom. The number of hydrogen-bond donors (Lipinski definition) is 0. The van der Waals surface area contributed by atoms with Gasteiger partial charge in [0.05, 0.1) is 5.03 Å². The summed E-state index contributed by atoms with van der Waals surface area (Å²) in [6, 6.07) is 49.5. The topological polar surface area (TPSA) is 34.1 Å². The van der Waals surface area contributed by atoms with Crippen LogP contribution >= 0.6 is 14.0 Å².